The molecule has 190 valence electrons. The number of rotatable bonds is 6. The molecule has 8 nitrogen and oxygen atoms in total. The maximum atomic E-state index is 13.8. The third kappa shape index (κ3) is 4.09. The molecule has 3 aliphatic rings. The number of nitrogens with one attached hydrogen (secondary N) is 1. The summed E-state index contributed by atoms with van der Waals surface area (Å²) in [5.41, 5.74) is 4.44. The fourth-order valence-corrected chi connectivity index (χ4v) is 6.59. The van der Waals surface area contributed by atoms with Crippen LogP contribution in [0.5, 0.6) is 0 Å². The minimum Gasteiger partial charge on any atom is -0.371 e. The lowest BCUT2D eigenvalue weighted by Gasteiger charge is -2.37. The zero-order valence-corrected chi connectivity index (χ0v) is 21.6. The number of anilines is 1. The van der Waals surface area contributed by atoms with E-state index in [2.05, 4.69) is 41.1 Å². The molecule has 1 amide bonds. The summed E-state index contributed by atoms with van der Waals surface area (Å²) in [6, 6.07) is 13.7. The molecule has 9 heteroatoms. The minimum absolute atomic E-state index is 0.178. The second-order valence-corrected chi connectivity index (χ2v) is 12.4. The van der Waals surface area contributed by atoms with Gasteiger partial charge in [0.1, 0.15) is 4.90 Å². The number of carbonyl (C=O) groups is 1. The molecular weight excluding hydrogens is 476 g/mol. The van der Waals surface area contributed by atoms with Crippen molar-refractivity contribution < 1.29 is 17.9 Å². The number of fused-ring (bicyclic) bond motifs is 1. The van der Waals surface area contributed by atoms with E-state index in [-0.39, 0.29) is 22.9 Å². The van der Waals surface area contributed by atoms with Crippen molar-refractivity contribution in [2.24, 2.45) is 0 Å². The van der Waals surface area contributed by atoms with Gasteiger partial charge >= 0.3 is 0 Å². The van der Waals surface area contributed by atoms with Crippen LogP contribution in [0.25, 0.3) is 22.2 Å². The molecule has 2 aromatic carbocycles. The first-order chi connectivity index (χ1) is 17.3. The van der Waals surface area contributed by atoms with Crippen molar-refractivity contribution in [3.63, 3.8) is 0 Å². The highest BCUT2D eigenvalue weighted by atomic mass is 32.2. The number of morpholine rings is 1. The van der Waals surface area contributed by atoms with Gasteiger partial charge in [-0.2, -0.15) is 4.31 Å². The van der Waals surface area contributed by atoms with Gasteiger partial charge in [-0.3, -0.25) is 4.79 Å². The van der Waals surface area contributed by atoms with E-state index < -0.39 is 10.0 Å². The molecule has 0 radical (unpaired) electrons. The van der Waals surface area contributed by atoms with E-state index in [1.807, 2.05) is 6.07 Å². The third-order valence-electron chi connectivity index (χ3n) is 7.69. The van der Waals surface area contributed by atoms with E-state index in [0.29, 0.717) is 25.4 Å². The number of carbonyl (C=O) groups excluding carboxylic acids is 1. The number of sulfonamides is 1. The summed E-state index contributed by atoms with van der Waals surface area (Å²) in [6.07, 6.45) is 2.95. The van der Waals surface area contributed by atoms with Crippen molar-refractivity contribution in [2.45, 2.75) is 36.7 Å². The Morgan fingerprint density at radius 1 is 1.14 bits per heavy atom. The molecule has 2 aliphatic heterocycles. The van der Waals surface area contributed by atoms with Crippen LogP contribution >= 0.6 is 0 Å². The maximum Gasteiger partial charge on any atom is 0.245 e. The molecule has 0 atom stereocenters. The number of H-pyrrole nitrogens is 1. The van der Waals surface area contributed by atoms with Gasteiger partial charge < -0.3 is 19.5 Å². The fourth-order valence-electron chi connectivity index (χ4n) is 5.24. The number of likely N-dealkylation sites (N-methyl/N-ethyl adjacent to an activating group) is 1. The van der Waals surface area contributed by atoms with Crippen molar-refractivity contribution in [1.29, 1.82) is 0 Å². The van der Waals surface area contributed by atoms with E-state index in [1.165, 1.54) is 11.4 Å². The lowest BCUT2D eigenvalue weighted by Crippen LogP contribution is -2.50. The summed E-state index contributed by atoms with van der Waals surface area (Å²) >= 11 is 0. The summed E-state index contributed by atoms with van der Waals surface area (Å²) in [4.78, 5) is 20.6. The average molecular weight is 509 g/mol. The van der Waals surface area contributed by atoms with E-state index in [4.69, 9.17) is 4.74 Å². The first-order valence-corrected chi connectivity index (χ1v) is 14.1. The number of para-hydroxylation sites is 1. The third-order valence-corrected chi connectivity index (χ3v) is 9.53. The fraction of sp³-hybridized carbons (Fsp3) is 0.444. The molecule has 1 aromatic heterocycles. The molecule has 3 aromatic rings. The number of ether oxygens (including phenoxy) is 1. The van der Waals surface area contributed by atoms with Crippen LogP contribution in [-0.2, 0) is 19.6 Å². The largest absolute Gasteiger partial charge is 0.371 e. The molecule has 0 unspecified atom stereocenters. The topological polar surface area (TPSA) is 85.9 Å². The van der Waals surface area contributed by atoms with Crippen molar-refractivity contribution in [3.8, 4) is 11.3 Å². The van der Waals surface area contributed by atoms with Crippen LogP contribution in [0.2, 0.25) is 0 Å². The molecule has 0 bridgehead atoms. The molecule has 6 rings (SSSR count). The van der Waals surface area contributed by atoms with Crippen LogP contribution in [0, 0.1) is 6.92 Å². The highest BCUT2D eigenvalue weighted by Gasteiger charge is 2.48. The van der Waals surface area contributed by atoms with Crippen molar-refractivity contribution in [3.05, 3.63) is 48.0 Å². The van der Waals surface area contributed by atoms with Crippen LogP contribution in [0.1, 0.15) is 24.8 Å². The summed E-state index contributed by atoms with van der Waals surface area (Å²) in [6.45, 7) is 5.03. The van der Waals surface area contributed by atoms with Gasteiger partial charge in [-0.25, -0.2) is 8.42 Å². The van der Waals surface area contributed by atoms with Gasteiger partial charge in [0.2, 0.25) is 15.9 Å². The van der Waals surface area contributed by atoms with Crippen LogP contribution in [0.15, 0.2) is 47.4 Å². The van der Waals surface area contributed by atoms with Gasteiger partial charge in [0, 0.05) is 55.4 Å². The molecular formula is C27H32N4O4S. The van der Waals surface area contributed by atoms with Crippen molar-refractivity contribution in [2.75, 3.05) is 51.3 Å². The molecule has 1 saturated carbocycles. The number of aryl methyl sites for hydroxylation is 1. The summed E-state index contributed by atoms with van der Waals surface area (Å²) < 4.78 is 34.7. The Labute approximate surface area is 211 Å². The highest BCUT2D eigenvalue weighted by molar-refractivity contribution is 7.89. The monoisotopic (exact) mass is 508 g/mol. The summed E-state index contributed by atoms with van der Waals surface area (Å²) in [5.74, 6) is -0.178. The number of aromatic amines is 1. The first kappa shape index (κ1) is 23.5. The standard InChI is InChI=1S/C27H32N4O4S/c1-19-7-8-20-16-23(28-22(20)15-19)21-5-3-6-24(26(21)30-11-4-12-30)36(33,34)29(2)17-25(32)31-13-14-35-27(18-31)9-10-27/h3,5-8,15-16,28H,4,9-14,17-18H2,1-2H3. The smallest absolute Gasteiger partial charge is 0.245 e. The Hall–Kier alpha value is -2.88. The number of benzene rings is 2. The zero-order valence-electron chi connectivity index (χ0n) is 20.8. The minimum atomic E-state index is -3.91. The van der Waals surface area contributed by atoms with Crippen molar-refractivity contribution in [1.82, 2.24) is 14.2 Å². The second kappa shape index (κ2) is 8.61. The summed E-state index contributed by atoms with van der Waals surface area (Å²) in [7, 11) is -2.41. The van der Waals surface area contributed by atoms with Crippen LogP contribution in [0.3, 0.4) is 0 Å². The molecule has 36 heavy (non-hydrogen) atoms. The molecule has 2 saturated heterocycles. The number of hydrogen-bond donors (Lipinski definition) is 1. The lowest BCUT2D eigenvalue weighted by molar-refractivity contribution is -0.140. The quantitative estimate of drug-likeness (QED) is 0.552. The molecule has 1 spiro atoms. The SMILES string of the molecule is Cc1ccc2cc(-c3cccc(S(=O)(=O)N(C)CC(=O)N4CCOC5(CC5)C4)c3N3CCC3)[nH]c2c1. The van der Waals surface area contributed by atoms with Crippen LogP contribution < -0.4 is 4.90 Å². The predicted molar refractivity (Wildman–Crippen MR) is 140 cm³/mol. The molecule has 1 N–H and O–H groups in total. The van der Waals surface area contributed by atoms with Gasteiger partial charge in [-0.05, 0) is 49.9 Å². The predicted octanol–water partition coefficient (Wildman–Crippen LogP) is 3.37. The Bertz CT molecular complexity index is 1440. The Balaban J connectivity index is 1.33. The average Bonchev–Trinajstić information content (AvgIpc) is 3.42. The number of aromatic nitrogens is 1. The molecule has 3 heterocycles. The number of amides is 1. The Morgan fingerprint density at radius 3 is 2.67 bits per heavy atom. The number of hydrogen-bond acceptors (Lipinski definition) is 5. The van der Waals surface area contributed by atoms with Gasteiger partial charge in [0.05, 0.1) is 24.4 Å². The zero-order chi connectivity index (χ0) is 25.1. The van der Waals surface area contributed by atoms with E-state index >= 15 is 0 Å². The van der Waals surface area contributed by atoms with E-state index in [1.54, 1.807) is 17.0 Å². The van der Waals surface area contributed by atoms with E-state index in [0.717, 1.165) is 60.1 Å². The normalized spacial score (nSPS) is 19.2. The summed E-state index contributed by atoms with van der Waals surface area (Å²) in [5, 5.41) is 1.08. The Kier molecular flexibility index (Phi) is 5.62. The maximum absolute atomic E-state index is 13.8. The van der Waals surface area contributed by atoms with Gasteiger partial charge in [0.15, 0.2) is 0 Å². The molecule has 3 fully saturated rings. The second-order valence-electron chi connectivity index (χ2n) is 10.4. The first-order valence-electron chi connectivity index (χ1n) is 12.6. The van der Waals surface area contributed by atoms with E-state index in [9.17, 15) is 13.2 Å². The van der Waals surface area contributed by atoms with Crippen molar-refractivity contribution >= 4 is 32.5 Å². The Morgan fingerprint density at radius 2 is 1.94 bits per heavy atom. The van der Waals surface area contributed by atoms with Gasteiger partial charge in [-0.1, -0.05) is 24.3 Å². The van der Waals surface area contributed by atoms with Crippen LogP contribution in [-0.4, -0.2) is 80.5 Å². The van der Waals surface area contributed by atoms with Gasteiger partial charge in [-0.15, -0.1) is 0 Å². The number of nitrogens with zero attached hydrogens (tertiary/aromatic N) is 3. The lowest BCUT2D eigenvalue weighted by atomic mass is 10.1. The van der Waals surface area contributed by atoms with Crippen LogP contribution in [0.4, 0.5) is 5.69 Å². The molecule has 1 aliphatic carbocycles. The highest BCUT2D eigenvalue weighted by Crippen LogP contribution is 2.42. The van der Waals surface area contributed by atoms with Gasteiger partial charge in [0.25, 0.3) is 0 Å².